The summed E-state index contributed by atoms with van der Waals surface area (Å²) in [6.07, 6.45) is 0.0460. The summed E-state index contributed by atoms with van der Waals surface area (Å²) in [5, 5.41) is 3.30. The molecule has 0 aliphatic carbocycles. The minimum atomic E-state index is -0.574. The van der Waals surface area contributed by atoms with Crippen LogP contribution in [0.5, 0.6) is 0 Å². The number of morpholine rings is 1. The Balaban J connectivity index is 1.66. The summed E-state index contributed by atoms with van der Waals surface area (Å²) in [4.78, 5) is 0. The zero-order chi connectivity index (χ0) is 16.5. The Labute approximate surface area is 143 Å². The van der Waals surface area contributed by atoms with Crippen molar-refractivity contribution in [2.75, 3.05) is 34.9 Å². The molecular weight excluding hydrogens is 332 g/mol. The average molecular weight is 349 g/mol. The maximum Gasteiger partial charge on any atom is 0.150 e. The lowest BCUT2D eigenvalue weighted by molar-refractivity contribution is 0.0356. The highest BCUT2D eigenvalue weighted by molar-refractivity contribution is 8.02. The molecule has 2 aromatic rings. The van der Waals surface area contributed by atoms with E-state index in [0.29, 0.717) is 13.2 Å². The van der Waals surface area contributed by atoms with Crippen molar-refractivity contribution in [2.45, 2.75) is 6.10 Å². The molecule has 24 heavy (non-hydrogen) atoms. The highest BCUT2D eigenvalue weighted by Crippen LogP contribution is 2.50. The van der Waals surface area contributed by atoms with Crippen molar-refractivity contribution in [2.24, 2.45) is 0 Å². The van der Waals surface area contributed by atoms with E-state index in [1.54, 1.807) is 4.31 Å². The van der Waals surface area contributed by atoms with Crippen molar-refractivity contribution in [3.63, 3.8) is 0 Å². The summed E-state index contributed by atoms with van der Waals surface area (Å²) in [6.45, 7) is 2.94. The molecule has 0 radical (unpaired) electrons. The summed E-state index contributed by atoms with van der Waals surface area (Å²) in [6, 6.07) is 11.5. The Morgan fingerprint density at radius 2 is 1.83 bits per heavy atom. The fourth-order valence-corrected chi connectivity index (χ4v) is 4.10. The second-order valence-corrected chi connectivity index (χ2v) is 6.66. The third-order valence-electron chi connectivity index (χ3n) is 4.06. The summed E-state index contributed by atoms with van der Waals surface area (Å²) in [7, 11) is 0. The Morgan fingerprint density at radius 1 is 1.08 bits per heavy atom. The second-order valence-electron chi connectivity index (χ2n) is 5.69. The Kier molecular flexibility index (Phi) is 4.30. The maximum atomic E-state index is 14.2. The maximum absolute atomic E-state index is 14.2. The number of fused-ring (bicyclic) bond motifs is 1. The smallest absolute Gasteiger partial charge is 0.150 e. The molecule has 0 spiro atoms. The van der Waals surface area contributed by atoms with Gasteiger partial charge in [-0.05, 0) is 24.3 Å². The molecule has 2 aliphatic heterocycles. The van der Waals surface area contributed by atoms with Crippen LogP contribution in [0.4, 0.5) is 25.8 Å². The minimum absolute atomic E-state index is 0.0415. The molecule has 1 atom stereocenters. The van der Waals surface area contributed by atoms with E-state index in [9.17, 15) is 8.78 Å². The van der Waals surface area contributed by atoms with Crippen molar-refractivity contribution in [3.8, 4) is 0 Å². The molecule has 2 heterocycles. The van der Waals surface area contributed by atoms with E-state index in [0.717, 1.165) is 24.5 Å². The first kappa shape index (κ1) is 15.7. The van der Waals surface area contributed by atoms with Gasteiger partial charge in [-0.2, -0.15) is 0 Å². The molecule has 0 saturated carbocycles. The third-order valence-corrected chi connectivity index (χ3v) is 5.15. The van der Waals surface area contributed by atoms with E-state index >= 15 is 0 Å². The van der Waals surface area contributed by atoms with E-state index in [4.69, 9.17) is 4.74 Å². The van der Waals surface area contributed by atoms with Gasteiger partial charge in [0.05, 0.1) is 42.8 Å². The molecule has 0 aromatic heterocycles. The number of halogens is 2. The van der Waals surface area contributed by atoms with Gasteiger partial charge in [0.1, 0.15) is 5.69 Å². The minimum Gasteiger partial charge on any atom is -0.374 e. The highest BCUT2D eigenvalue weighted by atomic mass is 32.2. The summed E-state index contributed by atoms with van der Waals surface area (Å²) >= 11 is 1.29. The fourth-order valence-electron chi connectivity index (χ4n) is 2.93. The molecule has 0 amide bonds. The first-order valence-electron chi connectivity index (χ1n) is 7.85. The van der Waals surface area contributed by atoms with Gasteiger partial charge in [-0.3, -0.25) is 8.61 Å². The van der Waals surface area contributed by atoms with Crippen molar-refractivity contribution >= 4 is 29.2 Å². The average Bonchev–Trinajstić information content (AvgIpc) is 2.94. The predicted molar refractivity (Wildman–Crippen MR) is 92.5 cm³/mol. The molecule has 1 N–H and O–H groups in total. The molecule has 2 aliphatic rings. The Hall–Kier alpha value is -1.83. The molecule has 7 heteroatoms. The van der Waals surface area contributed by atoms with Gasteiger partial charge in [-0.1, -0.05) is 18.2 Å². The van der Waals surface area contributed by atoms with Crippen molar-refractivity contribution in [3.05, 3.63) is 54.1 Å². The molecular formula is C17H17F2N3OS. The standard InChI is InChI=1S/C17H17F2N3OS/c18-13-4-3-5-14(19)17(13)22-16-7-2-1-6-15(16)21(24-22)11-12-10-20-8-9-23-12/h1-7,12,20H,8-11H2/t12-/m1/s1. The van der Waals surface area contributed by atoms with Crippen molar-refractivity contribution in [1.82, 2.24) is 5.32 Å². The van der Waals surface area contributed by atoms with Crippen LogP contribution >= 0.6 is 12.1 Å². The van der Waals surface area contributed by atoms with Crippen LogP contribution in [-0.2, 0) is 4.74 Å². The van der Waals surface area contributed by atoms with Gasteiger partial charge in [-0.15, -0.1) is 0 Å². The van der Waals surface area contributed by atoms with E-state index < -0.39 is 11.6 Å². The van der Waals surface area contributed by atoms with Crippen LogP contribution in [0.25, 0.3) is 0 Å². The number of para-hydroxylation sites is 3. The number of rotatable bonds is 3. The fraction of sp³-hybridized carbons (Fsp3) is 0.294. The molecule has 0 bridgehead atoms. The Morgan fingerprint density at radius 3 is 2.54 bits per heavy atom. The second kappa shape index (κ2) is 6.58. The van der Waals surface area contributed by atoms with E-state index in [-0.39, 0.29) is 11.8 Å². The normalized spacial score (nSPS) is 20.3. The lowest BCUT2D eigenvalue weighted by atomic mass is 10.2. The van der Waals surface area contributed by atoms with E-state index in [2.05, 4.69) is 5.32 Å². The summed E-state index contributed by atoms with van der Waals surface area (Å²) in [5.74, 6) is -1.15. The molecule has 2 aromatic carbocycles. The number of nitrogens with one attached hydrogen (secondary N) is 1. The number of nitrogens with zero attached hydrogens (tertiary/aromatic N) is 2. The SMILES string of the molecule is Fc1cccc(F)c1N1SN(C[C@H]2CNCCO2)c2ccccc21. The largest absolute Gasteiger partial charge is 0.374 e. The summed E-state index contributed by atoms with van der Waals surface area (Å²) < 4.78 is 37.9. The van der Waals surface area contributed by atoms with E-state index in [1.807, 2.05) is 28.6 Å². The summed E-state index contributed by atoms with van der Waals surface area (Å²) in [5.41, 5.74) is 1.66. The van der Waals surface area contributed by atoms with Gasteiger partial charge in [0.2, 0.25) is 0 Å². The van der Waals surface area contributed by atoms with Crippen LogP contribution in [0, 0.1) is 11.6 Å². The topological polar surface area (TPSA) is 27.7 Å². The number of ether oxygens (including phenoxy) is 1. The number of hydrogen-bond donors (Lipinski definition) is 1. The van der Waals surface area contributed by atoms with Crippen molar-refractivity contribution < 1.29 is 13.5 Å². The lowest BCUT2D eigenvalue weighted by Crippen LogP contribution is -2.43. The molecule has 4 rings (SSSR count). The highest BCUT2D eigenvalue weighted by Gasteiger charge is 2.33. The van der Waals surface area contributed by atoms with Gasteiger partial charge >= 0.3 is 0 Å². The van der Waals surface area contributed by atoms with Gasteiger partial charge in [0, 0.05) is 13.1 Å². The van der Waals surface area contributed by atoms with Gasteiger partial charge < -0.3 is 10.1 Å². The zero-order valence-electron chi connectivity index (χ0n) is 12.9. The van der Waals surface area contributed by atoms with Crippen LogP contribution in [0.2, 0.25) is 0 Å². The molecule has 4 nitrogen and oxygen atoms in total. The van der Waals surface area contributed by atoms with Crippen LogP contribution in [-0.4, -0.2) is 32.3 Å². The number of hydrogen-bond acceptors (Lipinski definition) is 5. The number of benzene rings is 2. The van der Waals surface area contributed by atoms with Gasteiger partial charge in [0.15, 0.2) is 11.6 Å². The van der Waals surface area contributed by atoms with Gasteiger partial charge in [0.25, 0.3) is 0 Å². The first-order chi connectivity index (χ1) is 11.7. The third kappa shape index (κ3) is 2.83. The molecule has 0 unspecified atom stereocenters. The predicted octanol–water partition coefficient (Wildman–Crippen LogP) is 3.47. The quantitative estimate of drug-likeness (QED) is 0.857. The molecule has 1 saturated heterocycles. The lowest BCUT2D eigenvalue weighted by Gasteiger charge is -2.28. The van der Waals surface area contributed by atoms with Gasteiger partial charge in [-0.25, -0.2) is 8.78 Å². The van der Waals surface area contributed by atoms with Crippen LogP contribution in [0.1, 0.15) is 0 Å². The zero-order valence-corrected chi connectivity index (χ0v) is 13.7. The monoisotopic (exact) mass is 349 g/mol. The van der Waals surface area contributed by atoms with Crippen LogP contribution < -0.4 is 13.9 Å². The number of anilines is 3. The van der Waals surface area contributed by atoms with E-state index in [1.165, 1.54) is 30.3 Å². The Bertz CT molecular complexity index is 719. The molecule has 126 valence electrons. The van der Waals surface area contributed by atoms with Crippen molar-refractivity contribution in [1.29, 1.82) is 0 Å². The molecule has 1 fully saturated rings. The van der Waals surface area contributed by atoms with Crippen LogP contribution in [0.15, 0.2) is 42.5 Å². The first-order valence-corrected chi connectivity index (χ1v) is 8.58. The van der Waals surface area contributed by atoms with Crippen LogP contribution in [0.3, 0.4) is 0 Å².